The van der Waals surface area contributed by atoms with Crippen molar-refractivity contribution in [3.8, 4) is 11.5 Å². The van der Waals surface area contributed by atoms with E-state index in [1.54, 1.807) is 6.07 Å². The molecule has 0 fully saturated rings. The maximum absolute atomic E-state index is 6.04. The van der Waals surface area contributed by atoms with Crippen LogP contribution in [0, 0.1) is 6.92 Å². The molecule has 0 unspecified atom stereocenters. The fourth-order valence-electron chi connectivity index (χ4n) is 1.56. The topological polar surface area (TPSA) is 9.23 Å². The predicted molar refractivity (Wildman–Crippen MR) is 72.3 cm³/mol. The first-order valence-corrected chi connectivity index (χ1v) is 6.20. The molecule has 0 N–H and O–H groups in total. The minimum atomic E-state index is 0.507. The van der Waals surface area contributed by atoms with E-state index in [0.29, 0.717) is 16.7 Å². The highest BCUT2D eigenvalue weighted by molar-refractivity contribution is 6.32. The van der Waals surface area contributed by atoms with E-state index < -0.39 is 0 Å². The van der Waals surface area contributed by atoms with Crippen molar-refractivity contribution in [2.75, 3.05) is 0 Å². The van der Waals surface area contributed by atoms with Gasteiger partial charge in [0.05, 0.1) is 5.02 Å². The molecule has 2 aromatic carbocycles. The van der Waals surface area contributed by atoms with E-state index >= 15 is 0 Å². The monoisotopic (exact) mass is 266 g/mol. The summed E-state index contributed by atoms with van der Waals surface area (Å²) in [5.41, 5.74) is 2.12. The van der Waals surface area contributed by atoms with E-state index in [0.717, 1.165) is 16.9 Å². The Bertz CT molecular complexity index is 523. The first-order chi connectivity index (χ1) is 8.20. The number of hydrogen-bond donors (Lipinski definition) is 0. The first kappa shape index (κ1) is 12.3. The van der Waals surface area contributed by atoms with Crippen molar-refractivity contribution in [1.29, 1.82) is 0 Å². The smallest absolute Gasteiger partial charge is 0.146 e. The zero-order valence-electron chi connectivity index (χ0n) is 9.41. The molecule has 0 saturated heterocycles. The van der Waals surface area contributed by atoms with Crippen molar-refractivity contribution >= 4 is 23.2 Å². The molecule has 88 valence electrons. The Kier molecular flexibility index (Phi) is 3.93. The van der Waals surface area contributed by atoms with Crippen LogP contribution in [0.3, 0.4) is 0 Å². The molecule has 0 radical (unpaired) electrons. The average Bonchev–Trinajstić information content (AvgIpc) is 2.34. The summed E-state index contributed by atoms with van der Waals surface area (Å²) >= 11 is 11.8. The van der Waals surface area contributed by atoms with E-state index in [1.165, 1.54) is 0 Å². The second kappa shape index (κ2) is 5.44. The summed E-state index contributed by atoms with van der Waals surface area (Å²) in [6, 6.07) is 13.3. The second-order valence-corrected chi connectivity index (χ2v) is 4.44. The fraction of sp³-hybridized carbons (Fsp3) is 0.143. The van der Waals surface area contributed by atoms with E-state index in [-0.39, 0.29) is 0 Å². The molecule has 0 atom stereocenters. The van der Waals surface area contributed by atoms with Crippen molar-refractivity contribution in [1.82, 2.24) is 0 Å². The van der Waals surface area contributed by atoms with E-state index in [2.05, 4.69) is 0 Å². The van der Waals surface area contributed by atoms with Crippen LogP contribution in [0.1, 0.15) is 11.1 Å². The molecule has 0 bridgehead atoms. The number of halogens is 2. The summed E-state index contributed by atoms with van der Waals surface area (Å²) < 4.78 is 5.76. The third-order valence-electron chi connectivity index (χ3n) is 2.45. The largest absolute Gasteiger partial charge is 0.456 e. The molecule has 3 heteroatoms. The van der Waals surface area contributed by atoms with Gasteiger partial charge in [0.2, 0.25) is 0 Å². The van der Waals surface area contributed by atoms with Gasteiger partial charge in [-0.1, -0.05) is 35.9 Å². The molecule has 2 rings (SSSR count). The molecule has 0 saturated carbocycles. The lowest BCUT2D eigenvalue weighted by molar-refractivity contribution is 0.479. The second-order valence-electron chi connectivity index (χ2n) is 3.77. The fourth-order valence-corrected chi connectivity index (χ4v) is 1.90. The Balaban J connectivity index is 2.28. The Hall–Kier alpha value is -1.18. The molecule has 0 aliphatic carbocycles. The summed E-state index contributed by atoms with van der Waals surface area (Å²) in [5.74, 6) is 1.97. The van der Waals surface area contributed by atoms with Crippen LogP contribution >= 0.6 is 23.2 Å². The lowest BCUT2D eigenvalue weighted by Crippen LogP contribution is -1.89. The molecule has 0 aliphatic rings. The van der Waals surface area contributed by atoms with Crippen LogP contribution in [0.5, 0.6) is 11.5 Å². The Morgan fingerprint density at radius 3 is 2.47 bits per heavy atom. The Morgan fingerprint density at radius 1 is 1.06 bits per heavy atom. The highest BCUT2D eigenvalue weighted by Gasteiger charge is 2.05. The molecule has 17 heavy (non-hydrogen) atoms. The van der Waals surface area contributed by atoms with Gasteiger partial charge in [0, 0.05) is 5.88 Å². The van der Waals surface area contributed by atoms with Gasteiger partial charge in [-0.3, -0.25) is 0 Å². The van der Waals surface area contributed by atoms with Crippen LogP contribution in [-0.2, 0) is 5.88 Å². The molecule has 0 amide bonds. The number of benzene rings is 2. The minimum Gasteiger partial charge on any atom is -0.456 e. The number of rotatable bonds is 3. The number of para-hydroxylation sites is 1. The van der Waals surface area contributed by atoms with Crippen LogP contribution in [0.4, 0.5) is 0 Å². The lowest BCUT2D eigenvalue weighted by atomic mass is 10.1. The molecule has 0 aliphatic heterocycles. The summed E-state index contributed by atoms with van der Waals surface area (Å²) in [7, 11) is 0. The SMILES string of the molecule is Cc1cc(CCl)ccc1Oc1ccccc1Cl. The standard InChI is InChI=1S/C14H12Cl2O/c1-10-8-11(9-15)6-7-13(10)17-14-5-3-2-4-12(14)16/h2-8H,9H2,1H3. The number of aryl methyl sites for hydroxylation is 1. The van der Waals surface area contributed by atoms with Crippen molar-refractivity contribution in [2.24, 2.45) is 0 Å². The molecule has 0 aromatic heterocycles. The summed E-state index contributed by atoms with van der Waals surface area (Å²) in [6.45, 7) is 1.99. The quantitative estimate of drug-likeness (QED) is 0.696. The third kappa shape index (κ3) is 2.93. The van der Waals surface area contributed by atoms with Crippen molar-refractivity contribution < 1.29 is 4.74 Å². The Morgan fingerprint density at radius 2 is 1.82 bits per heavy atom. The van der Waals surface area contributed by atoms with Gasteiger partial charge in [0.1, 0.15) is 11.5 Å². The van der Waals surface area contributed by atoms with E-state index in [9.17, 15) is 0 Å². The number of ether oxygens (including phenoxy) is 1. The van der Waals surface area contributed by atoms with Gasteiger partial charge in [-0.25, -0.2) is 0 Å². The zero-order chi connectivity index (χ0) is 12.3. The van der Waals surface area contributed by atoms with Gasteiger partial charge in [-0.15, -0.1) is 11.6 Å². The minimum absolute atomic E-state index is 0.507. The lowest BCUT2D eigenvalue weighted by Gasteiger charge is -2.10. The van der Waals surface area contributed by atoms with Gasteiger partial charge < -0.3 is 4.74 Å². The zero-order valence-corrected chi connectivity index (χ0v) is 10.9. The van der Waals surface area contributed by atoms with Crippen LogP contribution in [-0.4, -0.2) is 0 Å². The van der Waals surface area contributed by atoms with Crippen molar-refractivity contribution in [3.05, 3.63) is 58.6 Å². The third-order valence-corrected chi connectivity index (χ3v) is 3.07. The van der Waals surface area contributed by atoms with Crippen LogP contribution in [0.25, 0.3) is 0 Å². The van der Waals surface area contributed by atoms with Gasteiger partial charge in [0.15, 0.2) is 0 Å². The summed E-state index contributed by atoms with van der Waals surface area (Å²) in [5, 5.41) is 0.605. The molecular formula is C14H12Cl2O. The maximum atomic E-state index is 6.04. The van der Waals surface area contributed by atoms with Crippen molar-refractivity contribution in [2.45, 2.75) is 12.8 Å². The summed E-state index contributed by atoms with van der Waals surface area (Å²) in [6.07, 6.45) is 0. The molecule has 0 spiro atoms. The van der Waals surface area contributed by atoms with E-state index in [4.69, 9.17) is 27.9 Å². The number of alkyl halides is 1. The predicted octanol–water partition coefficient (Wildman–Crippen LogP) is 5.18. The molecular weight excluding hydrogens is 255 g/mol. The van der Waals surface area contributed by atoms with Gasteiger partial charge in [-0.2, -0.15) is 0 Å². The molecule has 0 heterocycles. The Labute approximate surface area is 111 Å². The van der Waals surface area contributed by atoms with Crippen LogP contribution < -0.4 is 4.74 Å². The van der Waals surface area contributed by atoms with Gasteiger partial charge >= 0.3 is 0 Å². The van der Waals surface area contributed by atoms with Crippen molar-refractivity contribution in [3.63, 3.8) is 0 Å². The molecule has 2 aromatic rings. The van der Waals surface area contributed by atoms with E-state index in [1.807, 2.05) is 43.3 Å². The van der Waals surface area contributed by atoms with Gasteiger partial charge in [0.25, 0.3) is 0 Å². The van der Waals surface area contributed by atoms with Crippen LogP contribution in [0.2, 0.25) is 5.02 Å². The van der Waals surface area contributed by atoms with Crippen LogP contribution in [0.15, 0.2) is 42.5 Å². The first-order valence-electron chi connectivity index (χ1n) is 5.28. The highest BCUT2D eigenvalue weighted by atomic mass is 35.5. The normalized spacial score (nSPS) is 10.3. The summed E-state index contributed by atoms with van der Waals surface area (Å²) in [4.78, 5) is 0. The van der Waals surface area contributed by atoms with Gasteiger partial charge in [-0.05, 0) is 36.2 Å². The average molecular weight is 267 g/mol. The number of hydrogen-bond acceptors (Lipinski definition) is 1. The maximum Gasteiger partial charge on any atom is 0.146 e. The molecule has 1 nitrogen and oxygen atoms in total. The highest BCUT2D eigenvalue weighted by Crippen LogP contribution is 2.31.